The summed E-state index contributed by atoms with van der Waals surface area (Å²) in [5.74, 6) is 0.278. The first-order valence-corrected chi connectivity index (χ1v) is 7.13. The Labute approximate surface area is 116 Å². The van der Waals surface area contributed by atoms with Gasteiger partial charge in [-0.15, -0.1) is 0 Å². The van der Waals surface area contributed by atoms with Gasteiger partial charge in [-0.1, -0.05) is 43.7 Å². The van der Waals surface area contributed by atoms with Crippen molar-refractivity contribution in [1.29, 1.82) is 0 Å². The molecule has 3 heteroatoms. The minimum atomic E-state index is -0.363. The molecule has 0 aromatic heterocycles. The summed E-state index contributed by atoms with van der Waals surface area (Å²) in [6.45, 7) is 4.46. The van der Waals surface area contributed by atoms with E-state index in [-0.39, 0.29) is 17.9 Å². The van der Waals surface area contributed by atoms with Crippen LogP contribution in [0.2, 0.25) is 0 Å². The second kappa shape index (κ2) is 8.70. The molecular weight excluding hydrogens is 238 g/mol. The molecule has 1 aromatic carbocycles. The highest BCUT2D eigenvalue weighted by Gasteiger charge is 2.15. The smallest absolute Gasteiger partial charge is 0.220 e. The minimum Gasteiger partial charge on any atom is -0.393 e. The van der Waals surface area contributed by atoms with Crippen molar-refractivity contribution in [3.05, 3.63) is 35.9 Å². The van der Waals surface area contributed by atoms with Crippen molar-refractivity contribution in [3.8, 4) is 0 Å². The molecule has 0 heterocycles. The van der Waals surface area contributed by atoms with Crippen LogP contribution in [-0.4, -0.2) is 23.7 Å². The maximum atomic E-state index is 11.6. The molecule has 1 aromatic rings. The summed E-state index contributed by atoms with van der Waals surface area (Å²) < 4.78 is 0. The predicted molar refractivity (Wildman–Crippen MR) is 78.0 cm³/mol. The number of unbranched alkanes of at least 4 members (excludes halogenated alkanes) is 1. The third kappa shape index (κ3) is 6.39. The second-order valence-electron chi connectivity index (χ2n) is 5.10. The maximum Gasteiger partial charge on any atom is 0.220 e. The van der Waals surface area contributed by atoms with Crippen LogP contribution < -0.4 is 5.32 Å². The molecule has 0 aliphatic carbocycles. The lowest BCUT2D eigenvalue weighted by Gasteiger charge is -2.19. The Morgan fingerprint density at radius 2 is 2.00 bits per heavy atom. The van der Waals surface area contributed by atoms with Gasteiger partial charge in [-0.05, 0) is 25.3 Å². The van der Waals surface area contributed by atoms with Crippen LogP contribution in [0.1, 0.15) is 51.0 Å². The van der Waals surface area contributed by atoms with Crippen LogP contribution in [0.3, 0.4) is 0 Å². The summed E-state index contributed by atoms with van der Waals surface area (Å²) in [6, 6.07) is 10.0. The molecule has 3 nitrogen and oxygen atoms in total. The molecule has 0 saturated heterocycles. The van der Waals surface area contributed by atoms with E-state index in [1.807, 2.05) is 30.3 Å². The minimum absolute atomic E-state index is 0.105. The van der Waals surface area contributed by atoms with E-state index in [0.717, 1.165) is 12.8 Å². The van der Waals surface area contributed by atoms with Gasteiger partial charge in [-0.3, -0.25) is 4.79 Å². The zero-order valence-electron chi connectivity index (χ0n) is 11.9. The first-order chi connectivity index (χ1) is 9.13. The first-order valence-electron chi connectivity index (χ1n) is 7.13. The molecule has 1 rings (SSSR count). The number of rotatable bonds is 8. The molecule has 106 valence electrons. The van der Waals surface area contributed by atoms with Crippen LogP contribution in [0.25, 0.3) is 0 Å². The Morgan fingerprint density at radius 3 is 2.58 bits per heavy atom. The van der Waals surface area contributed by atoms with Gasteiger partial charge in [0.2, 0.25) is 5.91 Å². The number of nitrogens with one attached hydrogen (secondary N) is 1. The molecule has 0 aliphatic rings. The van der Waals surface area contributed by atoms with Crippen molar-refractivity contribution in [2.45, 2.75) is 51.6 Å². The van der Waals surface area contributed by atoms with E-state index in [1.54, 1.807) is 6.92 Å². The average Bonchev–Trinajstić information content (AvgIpc) is 2.41. The summed E-state index contributed by atoms with van der Waals surface area (Å²) in [4.78, 5) is 11.6. The van der Waals surface area contributed by atoms with Crippen molar-refractivity contribution in [2.24, 2.45) is 0 Å². The van der Waals surface area contributed by atoms with E-state index in [1.165, 1.54) is 5.56 Å². The fourth-order valence-electron chi connectivity index (χ4n) is 2.14. The molecule has 0 aliphatic heterocycles. The van der Waals surface area contributed by atoms with E-state index in [2.05, 4.69) is 12.2 Å². The van der Waals surface area contributed by atoms with Gasteiger partial charge in [0.15, 0.2) is 0 Å². The number of hydrogen-bond acceptors (Lipinski definition) is 2. The molecule has 2 N–H and O–H groups in total. The number of aliphatic hydroxyl groups is 1. The fraction of sp³-hybridized carbons (Fsp3) is 0.562. The Morgan fingerprint density at radius 1 is 1.32 bits per heavy atom. The van der Waals surface area contributed by atoms with Crippen LogP contribution in [0.15, 0.2) is 30.3 Å². The van der Waals surface area contributed by atoms with Crippen molar-refractivity contribution >= 4 is 5.91 Å². The van der Waals surface area contributed by atoms with Crippen molar-refractivity contribution < 1.29 is 9.90 Å². The van der Waals surface area contributed by atoms with Crippen LogP contribution in [0.4, 0.5) is 0 Å². The molecule has 0 fully saturated rings. The summed E-state index contributed by atoms with van der Waals surface area (Å²) in [5.41, 5.74) is 1.17. The topological polar surface area (TPSA) is 49.3 Å². The Hall–Kier alpha value is -1.35. The van der Waals surface area contributed by atoms with Gasteiger partial charge < -0.3 is 10.4 Å². The van der Waals surface area contributed by atoms with Crippen LogP contribution >= 0.6 is 0 Å². The van der Waals surface area contributed by atoms with Gasteiger partial charge >= 0.3 is 0 Å². The van der Waals surface area contributed by atoms with Crippen molar-refractivity contribution in [1.82, 2.24) is 5.32 Å². The number of aliphatic hydroxyl groups excluding tert-OH is 1. The van der Waals surface area contributed by atoms with Gasteiger partial charge in [-0.25, -0.2) is 0 Å². The molecule has 2 atom stereocenters. The van der Waals surface area contributed by atoms with Gasteiger partial charge in [0.25, 0.3) is 0 Å². The van der Waals surface area contributed by atoms with Gasteiger partial charge in [0.1, 0.15) is 0 Å². The second-order valence-corrected chi connectivity index (χ2v) is 5.10. The number of benzene rings is 1. The van der Waals surface area contributed by atoms with E-state index in [0.29, 0.717) is 19.4 Å². The zero-order valence-corrected chi connectivity index (χ0v) is 11.9. The first kappa shape index (κ1) is 15.7. The Kier molecular flexibility index (Phi) is 7.19. The number of carbonyl (C=O) groups excluding carboxylic acids is 1. The van der Waals surface area contributed by atoms with E-state index >= 15 is 0 Å². The molecule has 0 saturated carbocycles. The highest BCUT2D eigenvalue weighted by Crippen LogP contribution is 2.20. The summed E-state index contributed by atoms with van der Waals surface area (Å²) in [5, 5.41) is 12.5. The van der Waals surface area contributed by atoms with Crippen LogP contribution in [0.5, 0.6) is 0 Å². The summed E-state index contributed by atoms with van der Waals surface area (Å²) in [7, 11) is 0. The molecule has 0 radical (unpaired) electrons. The van der Waals surface area contributed by atoms with Gasteiger partial charge in [0.05, 0.1) is 6.10 Å². The highest BCUT2D eigenvalue weighted by atomic mass is 16.3. The molecule has 19 heavy (non-hydrogen) atoms. The average molecular weight is 263 g/mol. The lowest BCUT2D eigenvalue weighted by atomic mass is 9.93. The summed E-state index contributed by atoms with van der Waals surface area (Å²) in [6.07, 6.45) is 2.85. The van der Waals surface area contributed by atoms with Crippen LogP contribution in [0, 0.1) is 0 Å². The zero-order chi connectivity index (χ0) is 14.1. The van der Waals surface area contributed by atoms with Gasteiger partial charge in [-0.2, -0.15) is 0 Å². The van der Waals surface area contributed by atoms with Crippen molar-refractivity contribution in [3.63, 3.8) is 0 Å². The molecule has 0 bridgehead atoms. The molecule has 0 spiro atoms. The lowest BCUT2D eigenvalue weighted by molar-refractivity contribution is -0.121. The highest BCUT2D eigenvalue weighted by molar-refractivity contribution is 5.75. The van der Waals surface area contributed by atoms with Gasteiger partial charge in [0, 0.05) is 18.9 Å². The standard InChI is InChI=1S/C16H25NO2/c1-3-4-10-16(19)17-12-15(11-13(2)18)14-8-6-5-7-9-14/h5-9,13,15,18H,3-4,10-12H2,1-2H3,(H,17,19). The molecular formula is C16H25NO2. The van der Waals surface area contributed by atoms with Crippen LogP contribution in [-0.2, 0) is 4.79 Å². The largest absolute Gasteiger partial charge is 0.393 e. The summed E-state index contributed by atoms with van der Waals surface area (Å²) >= 11 is 0. The fourth-order valence-corrected chi connectivity index (χ4v) is 2.14. The third-order valence-corrected chi connectivity index (χ3v) is 3.20. The maximum absolute atomic E-state index is 11.6. The van der Waals surface area contributed by atoms with E-state index < -0.39 is 0 Å². The molecule has 1 amide bonds. The number of hydrogen-bond donors (Lipinski definition) is 2. The monoisotopic (exact) mass is 263 g/mol. The quantitative estimate of drug-likeness (QED) is 0.757. The number of carbonyl (C=O) groups is 1. The Balaban J connectivity index is 2.53. The van der Waals surface area contributed by atoms with E-state index in [4.69, 9.17) is 0 Å². The normalized spacial score (nSPS) is 13.8. The SMILES string of the molecule is CCCCC(=O)NCC(CC(C)O)c1ccccc1. The predicted octanol–water partition coefficient (Wildman–Crippen LogP) is 2.85. The van der Waals surface area contributed by atoms with Crippen molar-refractivity contribution in [2.75, 3.05) is 6.54 Å². The van der Waals surface area contributed by atoms with E-state index in [9.17, 15) is 9.90 Å². The third-order valence-electron chi connectivity index (χ3n) is 3.20. The molecule has 2 unspecified atom stereocenters. The Bertz CT molecular complexity index is 362. The number of amides is 1. The lowest BCUT2D eigenvalue weighted by Crippen LogP contribution is -2.29.